The molecule has 0 bridgehead atoms. The van der Waals surface area contributed by atoms with Crippen LogP contribution >= 0.6 is 11.3 Å². The number of carbonyl (C=O) groups excluding carboxylic acids is 1. The fraction of sp³-hybridized carbons (Fsp3) is 0.294. The topological polar surface area (TPSA) is 72.7 Å². The van der Waals surface area contributed by atoms with Gasteiger partial charge in [-0.15, -0.1) is 11.3 Å². The molecule has 0 saturated carbocycles. The molecule has 3 heterocycles. The van der Waals surface area contributed by atoms with Crippen molar-refractivity contribution in [2.75, 3.05) is 0 Å². The first-order valence-electron chi connectivity index (χ1n) is 7.74. The number of pyridine rings is 1. The second-order valence-electron chi connectivity index (χ2n) is 5.62. The first-order valence-corrected chi connectivity index (χ1v) is 8.62. The van der Waals surface area contributed by atoms with Crippen LogP contribution in [0.25, 0.3) is 11.3 Å². The number of aromatic nitrogens is 4. The summed E-state index contributed by atoms with van der Waals surface area (Å²) < 4.78 is 1.74. The van der Waals surface area contributed by atoms with Crippen molar-refractivity contribution in [1.82, 2.24) is 25.1 Å². The van der Waals surface area contributed by atoms with Gasteiger partial charge in [0.05, 0.1) is 17.9 Å². The summed E-state index contributed by atoms with van der Waals surface area (Å²) in [7, 11) is 1.87. The van der Waals surface area contributed by atoms with E-state index in [1.807, 2.05) is 37.7 Å². The minimum Gasteiger partial charge on any atom is -0.347 e. The highest BCUT2D eigenvalue weighted by molar-refractivity contribution is 7.10. The molecule has 3 aromatic heterocycles. The van der Waals surface area contributed by atoms with Crippen LogP contribution in [0.5, 0.6) is 0 Å². The number of nitrogens with zero attached hydrogens (tertiary/aromatic N) is 4. The van der Waals surface area contributed by atoms with Gasteiger partial charge in [-0.2, -0.15) is 5.10 Å². The molecule has 0 radical (unpaired) electrons. The van der Waals surface area contributed by atoms with Gasteiger partial charge in [-0.1, -0.05) is 0 Å². The zero-order chi connectivity index (χ0) is 16.9. The summed E-state index contributed by atoms with van der Waals surface area (Å²) in [6.45, 7) is 1.96. The summed E-state index contributed by atoms with van der Waals surface area (Å²) in [5, 5.41) is 10.0. The predicted molar refractivity (Wildman–Crippen MR) is 93.4 cm³/mol. The normalized spacial score (nSPS) is 12.1. The molecule has 0 aliphatic rings. The number of nitrogens with one attached hydrogen (secondary N) is 1. The Bertz CT molecular complexity index is 811. The number of hydrogen-bond donors (Lipinski definition) is 1. The fourth-order valence-corrected chi connectivity index (χ4v) is 3.21. The van der Waals surface area contributed by atoms with E-state index in [-0.39, 0.29) is 11.9 Å². The van der Waals surface area contributed by atoms with Gasteiger partial charge < -0.3 is 5.32 Å². The molecule has 1 amide bonds. The van der Waals surface area contributed by atoms with Crippen LogP contribution in [0.4, 0.5) is 0 Å². The molecular formula is C17H19N5OS. The van der Waals surface area contributed by atoms with Gasteiger partial charge in [0.1, 0.15) is 5.01 Å². The van der Waals surface area contributed by atoms with Crippen molar-refractivity contribution in [2.24, 2.45) is 7.05 Å². The van der Waals surface area contributed by atoms with Crippen molar-refractivity contribution < 1.29 is 4.79 Å². The summed E-state index contributed by atoms with van der Waals surface area (Å²) in [6, 6.07) is 3.75. The zero-order valence-electron chi connectivity index (χ0n) is 13.6. The number of thiazole rings is 1. The maximum absolute atomic E-state index is 12.1. The van der Waals surface area contributed by atoms with Gasteiger partial charge in [0.25, 0.3) is 0 Å². The molecule has 0 spiro atoms. The van der Waals surface area contributed by atoms with Crippen LogP contribution < -0.4 is 5.32 Å². The second-order valence-corrected chi connectivity index (χ2v) is 6.51. The van der Waals surface area contributed by atoms with Crippen LogP contribution in [0.15, 0.2) is 42.3 Å². The molecule has 24 heavy (non-hydrogen) atoms. The number of aryl methyl sites for hydroxylation is 2. The minimum absolute atomic E-state index is 0.0204. The quantitative estimate of drug-likeness (QED) is 0.748. The maximum Gasteiger partial charge on any atom is 0.220 e. The molecule has 6 nitrogen and oxygen atoms in total. The molecule has 124 valence electrons. The summed E-state index contributed by atoms with van der Waals surface area (Å²) in [5.41, 5.74) is 3.01. The Balaban J connectivity index is 1.55. The molecule has 0 aliphatic carbocycles. The predicted octanol–water partition coefficient (Wildman–Crippen LogP) is 2.75. The van der Waals surface area contributed by atoms with E-state index >= 15 is 0 Å². The van der Waals surface area contributed by atoms with Gasteiger partial charge in [-0.05, 0) is 31.0 Å². The molecule has 3 aromatic rings. The van der Waals surface area contributed by atoms with Crippen LogP contribution in [0.2, 0.25) is 0 Å². The standard InChI is InChI=1S/C17H19N5OS/c1-12(20-16(23)4-3-13-9-19-22(2)10-13)17-21-15(11-24-17)14-5-7-18-8-6-14/h5-12H,3-4H2,1-2H3,(H,20,23)/t12-/m1/s1. The first-order chi connectivity index (χ1) is 11.6. The molecule has 0 aromatic carbocycles. The molecule has 3 rings (SSSR count). The monoisotopic (exact) mass is 341 g/mol. The average molecular weight is 341 g/mol. The molecule has 0 saturated heterocycles. The minimum atomic E-state index is -0.105. The molecule has 0 aliphatic heterocycles. The smallest absolute Gasteiger partial charge is 0.220 e. The van der Waals surface area contributed by atoms with Crippen LogP contribution in [0.1, 0.15) is 30.0 Å². The van der Waals surface area contributed by atoms with Crippen LogP contribution in [0, 0.1) is 0 Å². The molecular weight excluding hydrogens is 322 g/mol. The molecule has 7 heteroatoms. The zero-order valence-corrected chi connectivity index (χ0v) is 14.5. The Morgan fingerprint density at radius 2 is 2.17 bits per heavy atom. The third-order valence-corrected chi connectivity index (χ3v) is 4.67. The first kappa shape index (κ1) is 16.3. The number of amides is 1. The van der Waals surface area contributed by atoms with Crippen molar-refractivity contribution in [3.05, 3.63) is 52.9 Å². The second kappa shape index (κ2) is 7.35. The van der Waals surface area contributed by atoms with E-state index in [4.69, 9.17) is 0 Å². The van der Waals surface area contributed by atoms with Crippen molar-refractivity contribution in [1.29, 1.82) is 0 Å². The van der Waals surface area contributed by atoms with Gasteiger partial charge in [-0.25, -0.2) is 4.98 Å². The fourth-order valence-electron chi connectivity index (χ4n) is 2.38. The summed E-state index contributed by atoms with van der Waals surface area (Å²) >= 11 is 1.55. The highest BCUT2D eigenvalue weighted by Crippen LogP contribution is 2.25. The molecule has 0 fully saturated rings. The van der Waals surface area contributed by atoms with E-state index in [0.717, 1.165) is 21.8 Å². The lowest BCUT2D eigenvalue weighted by molar-refractivity contribution is -0.121. The van der Waals surface area contributed by atoms with Gasteiger partial charge in [0.15, 0.2) is 0 Å². The Kier molecular flexibility index (Phi) is 5.00. The van der Waals surface area contributed by atoms with Gasteiger partial charge in [-0.3, -0.25) is 14.5 Å². The summed E-state index contributed by atoms with van der Waals surface area (Å²) in [4.78, 5) is 20.7. The lowest BCUT2D eigenvalue weighted by Crippen LogP contribution is -2.26. The average Bonchev–Trinajstić information content (AvgIpc) is 3.23. The molecule has 1 atom stereocenters. The number of carbonyl (C=O) groups is 1. The maximum atomic E-state index is 12.1. The largest absolute Gasteiger partial charge is 0.347 e. The van der Waals surface area contributed by atoms with E-state index in [9.17, 15) is 4.79 Å². The lowest BCUT2D eigenvalue weighted by atomic mass is 10.2. The Morgan fingerprint density at radius 3 is 2.88 bits per heavy atom. The van der Waals surface area contributed by atoms with Crippen LogP contribution in [-0.2, 0) is 18.3 Å². The van der Waals surface area contributed by atoms with Gasteiger partial charge in [0, 0.05) is 43.0 Å². The van der Waals surface area contributed by atoms with Gasteiger partial charge in [0.2, 0.25) is 5.91 Å². The Hall–Kier alpha value is -2.54. The SMILES string of the molecule is C[C@@H](NC(=O)CCc1cnn(C)c1)c1nc(-c2ccncc2)cs1. The van der Waals surface area contributed by atoms with E-state index in [2.05, 4.69) is 20.4 Å². The van der Waals surface area contributed by atoms with E-state index in [1.165, 1.54) is 0 Å². The summed E-state index contributed by atoms with van der Waals surface area (Å²) in [5.74, 6) is 0.0204. The lowest BCUT2D eigenvalue weighted by Gasteiger charge is -2.10. The third-order valence-electron chi connectivity index (χ3n) is 3.65. The van der Waals surface area contributed by atoms with Crippen LogP contribution in [-0.4, -0.2) is 25.7 Å². The molecule has 1 N–H and O–H groups in total. The van der Waals surface area contributed by atoms with Crippen molar-refractivity contribution in [3.63, 3.8) is 0 Å². The van der Waals surface area contributed by atoms with Gasteiger partial charge >= 0.3 is 0 Å². The van der Waals surface area contributed by atoms with Crippen LogP contribution in [0.3, 0.4) is 0 Å². The van der Waals surface area contributed by atoms with Crippen molar-refractivity contribution in [3.8, 4) is 11.3 Å². The Labute approximate surface area is 144 Å². The highest BCUT2D eigenvalue weighted by atomic mass is 32.1. The Morgan fingerprint density at radius 1 is 1.38 bits per heavy atom. The number of rotatable bonds is 6. The van der Waals surface area contributed by atoms with Crippen molar-refractivity contribution in [2.45, 2.75) is 25.8 Å². The van der Waals surface area contributed by atoms with Crippen molar-refractivity contribution >= 4 is 17.2 Å². The highest BCUT2D eigenvalue weighted by Gasteiger charge is 2.14. The van der Waals surface area contributed by atoms with E-state index < -0.39 is 0 Å². The van der Waals surface area contributed by atoms with E-state index in [1.54, 1.807) is 34.6 Å². The number of hydrogen-bond acceptors (Lipinski definition) is 5. The third kappa shape index (κ3) is 4.05. The van der Waals surface area contributed by atoms with E-state index in [0.29, 0.717) is 12.8 Å². The summed E-state index contributed by atoms with van der Waals surface area (Å²) in [6.07, 6.45) is 8.35. The molecule has 0 unspecified atom stereocenters.